The van der Waals surface area contributed by atoms with Crippen molar-refractivity contribution in [3.8, 4) is 5.75 Å². The van der Waals surface area contributed by atoms with Crippen molar-refractivity contribution in [2.24, 2.45) is 5.73 Å². The lowest BCUT2D eigenvalue weighted by Gasteiger charge is -2.11. The molecule has 18 heavy (non-hydrogen) atoms. The first-order valence-electron chi connectivity index (χ1n) is 5.73. The average molecular weight is 260 g/mol. The van der Waals surface area contributed by atoms with E-state index < -0.39 is 0 Å². The Labute approximate surface area is 111 Å². The summed E-state index contributed by atoms with van der Waals surface area (Å²) in [5.41, 5.74) is 7.01. The molecule has 0 aliphatic carbocycles. The van der Waals surface area contributed by atoms with E-state index in [-0.39, 0.29) is 6.04 Å². The fraction of sp³-hybridized carbons (Fsp3) is 0.214. The highest BCUT2D eigenvalue weighted by molar-refractivity contribution is 7.99. The second-order valence-corrected chi connectivity index (χ2v) is 5.03. The second kappa shape index (κ2) is 5.89. The van der Waals surface area contributed by atoms with Crippen LogP contribution in [-0.4, -0.2) is 12.1 Å². The van der Waals surface area contributed by atoms with Crippen molar-refractivity contribution < 1.29 is 4.74 Å². The molecule has 0 spiro atoms. The van der Waals surface area contributed by atoms with E-state index in [4.69, 9.17) is 10.5 Å². The third kappa shape index (κ3) is 3.03. The number of benzene rings is 1. The van der Waals surface area contributed by atoms with Crippen LogP contribution in [0.25, 0.3) is 0 Å². The maximum absolute atomic E-state index is 5.95. The standard InChI is InChI=1S/C14H16N2OS/c1-10(15)13-7-4-8-16-14(13)18-12-6-3-5-11(9-12)17-2/h3-10H,15H2,1-2H3. The van der Waals surface area contributed by atoms with Crippen molar-refractivity contribution in [3.63, 3.8) is 0 Å². The molecule has 0 amide bonds. The molecule has 1 aromatic heterocycles. The summed E-state index contributed by atoms with van der Waals surface area (Å²) < 4.78 is 5.21. The number of rotatable bonds is 4. The highest BCUT2D eigenvalue weighted by atomic mass is 32.2. The predicted octanol–water partition coefficient (Wildman–Crippen LogP) is 3.26. The molecule has 1 aromatic carbocycles. The number of hydrogen-bond acceptors (Lipinski definition) is 4. The lowest BCUT2D eigenvalue weighted by molar-refractivity contribution is 0.413. The van der Waals surface area contributed by atoms with Crippen molar-refractivity contribution >= 4 is 11.8 Å². The van der Waals surface area contributed by atoms with Crippen LogP contribution in [-0.2, 0) is 0 Å². The molecule has 0 aliphatic heterocycles. The molecule has 2 aromatic rings. The van der Waals surface area contributed by atoms with Crippen molar-refractivity contribution in [1.82, 2.24) is 4.98 Å². The van der Waals surface area contributed by atoms with Crippen LogP contribution in [0.1, 0.15) is 18.5 Å². The third-order valence-corrected chi connectivity index (χ3v) is 3.57. The minimum Gasteiger partial charge on any atom is -0.497 e. The summed E-state index contributed by atoms with van der Waals surface area (Å²) >= 11 is 1.60. The van der Waals surface area contributed by atoms with Crippen molar-refractivity contribution in [2.75, 3.05) is 7.11 Å². The van der Waals surface area contributed by atoms with Gasteiger partial charge < -0.3 is 10.5 Å². The minimum atomic E-state index is -0.0215. The van der Waals surface area contributed by atoms with Gasteiger partial charge in [0.2, 0.25) is 0 Å². The van der Waals surface area contributed by atoms with Crippen molar-refractivity contribution in [1.29, 1.82) is 0 Å². The Morgan fingerprint density at radius 3 is 2.83 bits per heavy atom. The second-order valence-electron chi connectivity index (χ2n) is 3.97. The van der Waals surface area contributed by atoms with Crippen LogP contribution < -0.4 is 10.5 Å². The Morgan fingerprint density at radius 2 is 2.11 bits per heavy atom. The fourth-order valence-electron chi connectivity index (χ4n) is 1.61. The number of nitrogens with two attached hydrogens (primary N) is 1. The summed E-state index contributed by atoms with van der Waals surface area (Å²) in [6.45, 7) is 1.96. The molecule has 2 N–H and O–H groups in total. The van der Waals surface area contributed by atoms with Gasteiger partial charge in [0, 0.05) is 22.7 Å². The van der Waals surface area contributed by atoms with Crippen LogP contribution in [0, 0.1) is 0 Å². The summed E-state index contributed by atoms with van der Waals surface area (Å²) in [5.74, 6) is 0.846. The summed E-state index contributed by atoms with van der Waals surface area (Å²) in [6.07, 6.45) is 1.79. The van der Waals surface area contributed by atoms with Crippen LogP contribution >= 0.6 is 11.8 Å². The van der Waals surface area contributed by atoms with Gasteiger partial charge in [0.15, 0.2) is 0 Å². The molecule has 94 valence electrons. The van der Waals surface area contributed by atoms with Gasteiger partial charge in [-0.1, -0.05) is 23.9 Å². The molecule has 0 saturated heterocycles. The van der Waals surface area contributed by atoms with Crippen LogP contribution in [0.15, 0.2) is 52.5 Å². The summed E-state index contributed by atoms with van der Waals surface area (Å²) in [4.78, 5) is 5.49. The largest absolute Gasteiger partial charge is 0.497 e. The molecule has 2 rings (SSSR count). The van der Waals surface area contributed by atoms with Crippen LogP contribution in [0.4, 0.5) is 0 Å². The molecule has 0 aliphatic rings. The van der Waals surface area contributed by atoms with Gasteiger partial charge in [-0.05, 0) is 31.2 Å². The lowest BCUT2D eigenvalue weighted by atomic mass is 10.2. The van der Waals surface area contributed by atoms with Gasteiger partial charge in [-0.3, -0.25) is 0 Å². The average Bonchev–Trinajstić information content (AvgIpc) is 2.39. The zero-order valence-electron chi connectivity index (χ0n) is 10.5. The fourth-order valence-corrected chi connectivity index (χ4v) is 2.64. The van der Waals surface area contributed by atoms with E-state index >= 15 is 0 Å². The van der Waals surface area contributed by atoms with E-state index in [2.05, 4.69) is 4.98 Å². The Morgan fingerprint density at radius 1 is 1.28 bits per heavy atom. The van der Waals surface area contributed by atoms with E-state index in [1.807, 2.05) is 43.3 Å². The van der Waals surface area contributed by atoms with Gasteiger partial charge in [-0.15, -0.1) is 0 Å². The highest BCUT2D eigenvalue weighted by Gasteiger charge is 2.09. The van der Waals surface area contributed by atoms with Gasteiger partial charge in [0.1, 0.15) is 10.8 Å². The Kier molecular flexibility index (Phi) is 4.23. The van der Waals surface area contributed by atoms with E-state index in [1.165, 1.54) is 0 Å². The molecular formula is C14H16N2OS. The zero-order valence-corrected chi connectivity index (χ0v) is 11.3. The normalized spacial score (nSPS) is 12.2. The Bertz CT molecular complexity index is 529. The summed E-state index contributed by atoms with van der Waals surface area (Å²) in [5, 5.41) is 0.945. The number of hydrogen-bond donors (Lipinski definition) is 1. The molecule has 1 unspecified atom stereocenters. The molecular weight excluding hydrogens is 244 g/mol. The van der Waals surface area contributed by atoms with E-state index in [0.29, 0.717) is 0 Å². The SMILES string of the molecule is COc1cccc(Sc2ncccc2C(C)N)c1. The van der Waals surface area contributed by atoms with Gasteiger partial charge in [-0.25, -0.2) is 4.98 Å². The molecule has 3 nitrogen and oxygen atoms in total. The maximum Gasteiger partial charge on any atom is 0.119 e. The van der Waals surface area contributed by atoms with Gasteiger partial charge >= 0.3 is 0 Å². The number of pyridine rings is 1. The highest BCUT2D eigenvalue weighted by Crippen LogP contribution is 2.32. The van der Waals surface area contributed by atoms with Crippen LogP contribution in [0.5, 0.6) is 5.75 Å². The lowest BCUT2D eigenvalue weighted by Crippen LogP contribution is -2.07. The Hall–Kier alpha value is -1.52. The van der Waals surface area contributed by atoms with Gasteiger partial charge in [0.25, 0.3) is 0 Å². The van der Waals surface area contributed by atoms with Gasteiger partial charge in [-0.2, -0.15) is 0 Å². The third-order valence-electron chi connectivity index (χ3n) is 2.55. The van der Waals surface area contributed by atoms with E-state index in [0.717, 1.165) is 21.2 Å². The van der Waals surface area contributed by atoms with Crippen LogP contribution in [0.3, 0.4) is 0 Å². The first-order valence-corrected chi connectivity index (χ1v) is 6.54. The van der Waals surface area contributed by atoms with Crippen molar-refractivity contribution in [3.05, 3.63) is 48.2 Å². The van der Waals surface area contributed by atoms with Gasteiger partial charge in [0.05, 0.1) is 7.11 Å². The molecule has 0 fully saturated rings. The number of methoxy groups -OCH3 is 1. The number of ether oxygens (including phenoxy) is 1. The van der Waals surface area contributed by atoms with E-state index in [1.54, 1.807) is 25.1 Å². The molecule has 1 atom stereocenters. The smallest absolute Gasteiger partial charge is 0.119 e. The molecule has 4 heteroatoms. The van der Waals surface area contributed by atoms with E-state index in [9.17, 15) is 0 Å². The summed E-state index contributed by atoms with van der Waals surface area (Å²) in [7, 11) is 1.66. The molecule has 0 bridgehead atoms. The molecule has 0 radical (unpaired) electrons. The van der Waals surface area contributed by atoms with Crippen LogP contribution in [0.2, 0.25) is 0 Å². The topological polar surface area (TPSA) is 48.1 Å². The molecule has 0 saturated carbocycles. The first kappa shape index (κ1) is 12.9. The number of aromatic nitrogens is 1. The monoisotopic (exact) mass is 260 g/mol. The summed E-state index contributed by atoms with van der Waals surface area (Å²) in [6, 6.07) is 11.8. The zero-order chi connectivity index (χ0) is 13.0. The molecule has 1 heterocycles. The Balaban J connectivity index is 2.28. The minimum absolute atomic E-state index is 0.0215. The maximum atomic E-state index is 5.95. The quantitative estimate of drug-likeness (QED) is 0.916. The first-order chi connectivity index (χ1) is 8.70. The number of nitrogens with zero attached hydrogens (tertiary/aromatic N) is 1. The van der Waals surface area contributed by atoms with Crippen molar-refractivity contribution in [2.45, 2.75) is 22.9 Å². The predicted molar refractivity (Wildman–Crippen MR) is 74.0 cm³/mol.